The topological polar surface area (TPSA) is 27.0 Å². The molecule has 0 N–H and O–H groups in total. The Morgan fingerprint density at radius 3 is 2.60 bits per heavy atom. The van der Waals surface area contributed by atoms with E-state index in [-0.39, 0.29) is 0 Å². The Morgan fingerprint density at radius 1 is 1.15 bits per heavy atom. The fourth-order valence-electron chi connectivity index (χ4n) is 3.42. The molecule has 2 aromatic carbocycles. The van der Waals surface area contributed by atoms with Crippen molar-refractivity contribution < 1.29 is 0 Å². The number of nitrogens with zero attached hydrogens (tertiary/aromatic N) is 2. The summed E-state index contributed by atoms with van der Waals surface area (Å²) in [5, 5.41) is 11.5. The molecule has 0 unspecified atom stereocenters. The van der Waals surface area contributed by atoms with Crippen LogP contribution in [0, 0.1) is 17.2 Å². The number of hydrogen-bond acceptors (Lipinski definition) is 2. The van der Waals surface area contributed by atoms with E-state index < -0.39 is 0 Å². The van der Waals surface area contributed by atoms with E-state index in [0.29, 0.717) is 12.0 Å². The first-order valence-electron chi connectivity index (χ1n) is 7.41. The molecule has 0 aromatic heterocycles. The molecule has 2 nitrogen and oxygen atoms in total. The minimum atomic E-state index is 0.617. The quantitative estimate of drug-likeness (QED) is 0.807. The van der Waals surface area contributed by atoms with Crippen LogP contribution in [0.3, 0.4) is 0 Å². The molecule has 2 heteroatoms. The van der Waals surface area contributed by atoms with Gasteiger partial charge in [0, 0.05) is 29.0 Å². The van der Waals surface area contributed by atoms with Crippen LogP contribution in [0.5, 0.6) is 0 Å². The van der Waals surface area contributed by atoms with Crippen LogP contribution in [0.4, 0.5) is 5.69 Å². The van der Waals surface area contributed by atoms with Gasteiger partial charge in [0.1, 0.15) is 0 Å². The summed E-state index contributed by atoms with van der Waals surface area (Å²) in [5.74, 6) is 0.659. The maximum atomic E-state index is 9.27. The van der Waals surface area contributed by atoms with Gasteiger partial charge in [-0.25, -0.2) is 0 Å². The van der Waals surface area contributed by atoms with Gasteiger partial charge in [-0.1, -0.05) is 38.1 Å². The molecule has 1 saturated heterocycles. The Morgan fingerprint density at radius 2 is 1.90 bits per heavy atom. The fraction of sp³-hybridized carbons (Fsp3) is 0.389. The standard InChI is InChI=1S/C18H20N2/c1-13(2)17-8-5-11-20(17)18-10-9-14(12-19)15-6-3-4-7-16(15)18/h3-4,6-7,9-10,13,17H,5,8,11H2,1-2H3/t17-/m1/s1. The molecular weight excluding hydrogens is 244 g/mol. The van der Waals surface area contributed by atoms with E-state index in [1.807, 2.05) is 12.1 Å². The van der Waals surface area contributed by atoms with E-state index in [1.54, 1.807) is 0 Å². The van der Waals surface area contributed by atoms with Gasteiger partial charge in [0.25, 0.3) is 0 Å². The van der Waals surface area contributed by atoms with Crippen molar-refractivity contribution in [2.45, 2.75) is 32.7 Å². The molecule has 1 heterocycles. The minimum absolute atomic E-state index is 0.617. The van der Waals surface area contributed by atoms with Gasteiger partial charge in [-0.05, 0) is 30.9 Å². The average Bonchev–Trinajstić information content (AvgIpc) is 2.95. The predicted molar refractivity (Wildman–Crippen MR) is 83.9 cm³/mol. The normalized spacial score (nSPS) is 18.7. The van der Waals surface area contributed by atoms with Gasteiger partial charge in [-0.15, -0.1) is 0 Å². The third-order valence-electron chi connectivity index (χ3n) is 4.40. The van der Waals surface area contributed by atoms with Crippen molar-refractivity contribution >= 4 is 16.5 Å². The number of hydrogen-bond donors (Lipinski definition) is 0. The molecule has 0 amide bonds. The first kappa shape index (κ1) is 13.0. The molecule has 0 aliphatic carbocycles. The molecule has 1 atom stereocenters. The molecule has 1 fully saturated rings. The van der Waals surface area contributed by atoms with Crippen molar-refractivity contribution in [3.63, 3.8) is 0 Å². The fourth-order valence-corrected chi connectivity index (χ4v) is 3.42. The van der Waals surface area contributed by atoms with E-state index in [0.717, 1.165) is 17.5 Å². The van der Waals surface area contributed by atoms with Gasteiger partial charge in [0.2, 0.25) is 0 Å². The molecule has 2 aromatic rings. The molecule has 0 radical (unpaired) electrons. The first-order chi connectivity index (χ1) is 9.72. The van der Waals surface area contributed by atoms with Crippen molar-refractivity contribution in [2.75, 3.05) is 11.4 Å². The Bertz CT molecular complexity index is 667. The van der Waals surface area contributed by atoms with Crippen LogP contribution in [0.25, 0.3) is 10.8 Å². The Kier molecular flexibility index (Phi) is 3.36. The van der Waals surface area contributed by atoms with Crippen LogP contribution in [0.15, 0.2) is 36.4 Å². The second-order valence-corrected chi connectivity index (χ2v) is 5.94. The summed E-state index contributed by atoms with van der Waals surface area (Å²) in [6, 6.07) is 15.3. The highest BCUT2D eigenvalue weighted by Gasteiger charge is 2.28. The Balaban J connectivity index is 2.16. The monoisotopic (exact) mass is 264 g/mol. The third-order valence-corrected chi connectivity index (χ3v) is 4.40. The highest BCUT2D eigenvalue weighted by molar-refractivity contribution is 5.98. The SMILES string of the molecule is CC(C)[C@H]1CCCN1c1ccc(C#N)c2ccccc12. The summed E-state index contributed by atoms with van der Waals surface area (Å²) in [6.45, 7) is 5.72. The van der Waals surface area contributed by atoms with Crippen LogP contribution >= 0.6 is 0 Å². The van der Waals surface area contributed by atoms with E-state index in [4.69, 9.17) is 0 Å². The third kappa shape index (κ3) is 2.04. The largest absolute Gasteiger partial charge is 0.368 e. The summed E-state index contributed by atoms with van der Waals surface area (Å²) in [5.41, 5.74) is 2.06. The van der Waals surface area contributed by atoms with Gasteiger partial charge in [-0.3, -0.25) is 0 Å². The van der Waals surface area contributed by atoms with Crippen LogP contribution in [-0.4, -0.2) is 12.6 Å². The van der Waals surface area contributed by atoms with Crippen molar-refractivity contribution in [3.8, 4) is 6.07 Å². The van der Waals surface area contributed by atoms with Gasteiger partial charge in [-0.2, -0.15) is 5.26 Å². The second kappa shape index (κ2) is 5.17. The smallest absolute Gasteiger partial charge is 0.0998 e. The highest BCUT2D eigenvalue weighted by atomic mass is 15.2. The summed E-state index contributed by atoms with van der Waals surface area (Å²) in [4.78, 5) is 2.54. The van der Waals surface area contributed by atoms with Gasteiger partial charge < -0.3 is 4.90 Å². The van der Waals surface area contributed by atoms with Crippen molar-refractivity contribution in [2.24, 2.45) is 5.92 Å². The van der Waals surface area contributed by atoms with E-state index in [1.165, 1.54) is 23.9 Å². The molecule has 1 aliphatic heterocycles. The van der Waals surface area contributed by atoms with Crippen LogP contribution in [-0.2, 0) is 0 Å². The second-order valence-electron chi connectivity index (χ2n) is 5.94. The summed E-state index contributed by atoms with van der Waals surface area (Å²) in [6.07, 6.45) is 2.53. The lowest BCUT2D eigenvalue weighted by atomic mass is 9.99. The highest BCUT2D eigenvalue weighted by Crippen LogP contribution is 2.35. The van der Waals surface area contributed by atoms with Gasteiger partial charge >= 0.3 is 0 Å². The van der Waals surface area contributed by atoms with E-state index in [2.05, 4.69) is 49.1 Å². The lowest BCUT2D eigenvalue weighted by Crippen LogP contribution is -2.33. The molecule has 3 rings (SSSR count). The zero-order valence-electron chi connectivity index (χ0n) is 12.1. The molecule has 0 bridgehead atoms. The number of fused-ring (bicyclic) bond motifs is 1. The van der Waals surface area contributed by atoms with Crippen molar-refractivity contribution in [1.29, 1.82) is 5.26 Å². The maximum absolute atomic E-state index is 9.27. The Hall–Kier alpha value is -2.01. The van der Waals surface area contributed by atoms with Crippen LogP contribution in [0.2, 0.25) is 0 Å². The van der Waals surface area contributed by atoms with Gasteiger partial charge in [0.15, 0.2) is 0 Å². The lowest BCUT2D eigenvalue weighted by Gasteiger charge is -2.31. The lowest BCUT2D eigenvalue weighted by molar-refractivity contribution is 0.492. The molecule has 20 heavy (non-hydrogen) atoms. The van der Waals surface area contributed by atoms with Crippen LogP contribution < -0.4 is 4.90 Å². The minimum Gasteiger partial charge on any atom is -0.368 e. The molecule has 0 spiro atoms. The number of anilines is 1. The summed E-state index contributed by atoms with van der Waals surface area (Å²) in [7, 11) is 0. The van der Waals surface area contributed by atoms with Crippen LogP contribution in [0.1, 0.15) is 32.3 Å². The van der Waals surface area contributed by atoms with E-state index in [9.17, 15) is 5.26 Å². The summed E-state index contributed by atoms with van der Waals surface area (Å²) >= 11 is 0. The maximum Gasteiger partial charge on any atom is 0.0998 e. The number of nitriles is 1. The molecular formula is C18H20N2. The zero-order valence-corrected chi connectivity index (χ0v) is 12.1. The van der Waals surface area contributed by atoms with Gasteiger partial charge in [0.05, 0.1) is 11.6 Å². The molecule has 0 saturated carbocycles. The Labute approximate surface area is 120 Å². The summed E-state index contributed by atoms with van der Waals surface area (Å²) < 4.78 is 0. The zero-order chi connectivity index (χ0) is 14.1. The predicted octanol–water partition coefficient (Wildman–Crippen LogP) is 4.34. The number of rotatable bonds is 2. The van der Waals surface area contributed by atoms with Crippen molar-refractivity contribution in [3.05, 3.63) is 42.0 Å². The first-order valence-corrected chi connectivity index (χ1v) is 7.41. The average molecular weight is 264 g/mol. The molecule has 102 valence electrons. The molecule has 1 aliphatic rings. The number of benzene rings is 2. The van der Waals surface area contributed by atoms with Crippen molar-refractivity contribution in [1.82, 2.24) is 0 Å². The van der Waals surface area contributed by atoms with E-state index >= 15 is 0 Å².